The Morgan fingerprint density at radius 2 is 1.94 bits per heavy atom. The number of hydrogen-bond donors (Lipinski definition) is 4. The van der Waals surface area contributed by atoms with Crippen molar-refractivity contribution < 1.29 is 34.8 Å². The SMILES string of the molecule is C[C@]1([C@@H](O)[C@H](O)[C@H](O)CO)CC(=O)C(=O)O1. The molecule has 4 atom stereocenters. The van der Waals surface area contributed by atoms with Gasteiger partial charge in [-0.3, -0.25) is 4.79 Å². The van der Waals surface area contributed by atoms with Crippen LogP contribution in [-0.2, 0) is 14.3 Å². The van der Waals surface area contributed by atoms with Gasteiger partial charge in [0, 0.05) is 0 Å². The molecule has 0 unspecified atom stereocenters. The molecule has 0 radical (unpaired) electrons. The van der Waals surface area contributed by atoms with E-state index in [1.54, 1.807) is 0 Å². The van der Waals surface area contributed by atoms with Gasteiger partial charge in [0.2, 0.25) is 5.78 Å². The third kappa shape index (κ3) is 2.22. The van der Waals surface area contributed by atoms with Gasteiger partial charge in [0.15, 0.2) is 0 Å². The van der Waals surface area contributed by atoms with Crippen LogP contribution in [-0.4, -0.2) is 62.7 Å². The second kappa shape index (κ2) is 4.46. The second-order valence-corrected chi connectivity index (χ2v) is 3.99. The molecule has 0 saturated carbocycles. The van der Waals surface area contributed by atoms with Crippen LogP contribution in [0.15, 0.2) is 0 Å². The first-order valence-corrected chi connectivity index (χ1v) is 4.73. The molecular formula is C9H14O7. The molecule has 1 heterocycles. The van der Waals surface area contributed by atoms with Gasteiger partial charge in [0.05, 0.1) is 13.0 Å². The van der Waals surface area contributed by atoms with Crippen LogP contribution < -0.4 is 0 Å². The summed E-state index contributed by atoms with van der Waals surface area (Å²) < 4.78 is 4.65. The average molecular weight is 234 g/mol. The van der Waals surface area contributed by atoms with Gasteiger partial charge in [-0.25, -0.2) is 4.79 Å². The zero-order valence-corrected chi connectivity index (χ0v) is 8.66. The van der Waals surface area contributed by atoms with Crippen LogP contribution in [0.1, 0.15) is 13.3 Å². The van der Waals surface area contributed by atoms with Crippen LogP contribution in [0.5, 0.6) is 0 Å². The number of aliphatic hydroxyl groups is 4. The highest BCUT2D eigenvalue weighted by atomic mass is 16.6. The average Bonchev–Trinajstić information content (AvgIpc) is 2.50. The lowest BCUT2D eigenvalue weighted by Gasteiger charge is -2.32. The molecule has 0 amide bonds. The molecular weight excluding hydrogens is 220 g/mol. The van der Waals surface area contributed by atoms with Gasteiger partial charge in [0.25, 0.3) is 0 Å². The predicted molar refractivity (Wildman–Crippen MR) is 49.2 cm³/mol. The van der Waals surface area contributed by atoms with E-state index in [-0.39, 0.29) is 6.42 Å². The van der Waals surface area contributed by atoms with E-state index in [4.69, 9.17) is 10.2 Å². The highest BCUT2D eigenvalue weighted by molar-refractivity contribution is 6.35. The van der Waals surface area contributed by atoms with Crippen LogP contribution in [0.25, 0.3) is 0 Å². The molecule has 7 nitrogen and oxygen atoms in total. The molecule has 1 aliphatic rings. The monoisotopic (exact) mass is 234 g/mol. The Balaban J connectivity index is 2.77. The summed E-state index contributed by atoms with van der Waals surface area (Å²) in [6.45, 7) is 0.518. The van der Waals surface area contributed by atoms with Gasteiger partial charge >= 0.3 is 5.97 Å². The van der Waals surface area contributed by atoms with Gasteiger partial charge < -0.3 is 25.2 Å². The standard InChI is InChI=1S/C9H14O7/c1-9(2-4(11)8(15)16-9)7(14)6(13)5(12)3-10/h5-7,10,12-14H,2-3H2,1H3/t5-,6-,7+,9-/m1/s1. The molecule has 92 valence electrons. The topological polar surface area (TPSA) is 124 Å². The minimum Gasteiger partial charge on any atom is -0.450 e. The Bertz CT molecular complexity index is 284. The summed E-state index contributed by atoms with van der Waals surface area (Å²) in [5, 5.41) is 36.8. The molecule has 7 heteroatoms. The van der Waals surface area contributed by atoms with Crippen molar-refractivity contribution >= 4 is 11.8 Å². The molecule has 0 bridgehead atoms. The molecule has 4 N–H and O–H groups in total. The van der Waals surface area contributed by atoms with Crippen molar-refractivity contribution in [1.82, 2.24) is 0 Å². The summed E-state index contributed by atoms with van der Waals surface area (Å²) in [6, 6.07) is 0. The van der Waals surface area contributed by atoms with E-state index in [0.717, 1.165) is 0 Å². The maximum absolute atomic E-state index is 11.0. The van der Waals surface area contributed by atoms with Crippen molar-refractivity contribution in [2.45, 2.75) is 37.3 Å². The Morgan fingerprint density at radius 1 is 1.38 bits per heavy atom. The van der Waals surface area contributed by atoms with Crippen molar-refractivity contribution in [1.29, 1.82) is 0 Å². The summed E-state index contributed by atoms with van der Waals surface area (Å²) >= 11 is 0. The van der Waals surface area contributed by atoms with Gasteiger partial charge in [-0.1, -0.05) is 0 Å². The van der Waals surface area contributed by atoms with Crippen molar-refractivity contribution in [3.63, 3.8) is 0 Å². The van der Waals surface area contributed by atoms with E-state index in [1.807, 2.05) is 0 Å². The van der Waals surface area contributed by atoms with Crippen LogP contribution >= 0.6 is 0 Å². The van der Waals surface area contributed by atoms with Gasteiger partial charge in [-0.05, 0) is 6.92 Å². The first-order chi connectivity index (χ1) is 7.31. The lowest BCUT2D eigenvalue weighted by molar-refractivity contribution is -0.175. The molecule has 1 rings (SSSR count). The first-order valence-electron chi connectivity index (χ1n) is 4.73. The number of ketones is 1. The van der Waals surface area contributed by atoms with Gasteiger partial charge in [-0.15, -0.1) is 0 Å². The van der Waals surface area contributed by atoms with Crippen LogP contribution in [0.3, 0.4) is 0 Å². The number of carbonyl (C=O) groups excluding carboxylic acids is 2. The molecule has 0 aromatic heterocycles. The van der Waals surface area contributed by atoms with Crippen molar-refractivity contribution in [2.75, 3.05) is 6.61 Å². The molecule has 1 fully saturated rings. The lowest BCUT2D eigenvalue weighted by atomic mass is 9.89. The molecule has 0 aliphatic carbocycles. The minimum atomic E-state index is -1.70. The molecule has 1 aliphatic heterocycles. The largest absolute Gasteiger partial charge is 0.450 e. The lowest BCUT2D eigenvalue weighted by Crippen LogP contribution is -2.52. The number of rotatable bonds is 4. The highest BCUT2D eigenvalue weighted by Crippen LogP contribution is 2.29. The Labute approximate surface area is 91.3 Å². The fraction of sp³-hybridized carbons (Fsp3) is 0.778. The number of esters is 1. The summed E-state index contributed by atoms with van der Waals surface area (Å²) in [6.07, 6.45) is -5.29. The third-order valence-corrected chi connectivity index (χ3v) is 2.60. The van der Waals surface area contributed by atoms with Crippen molar-refractivity contribution in [2.24, 2.45) is 0 Å². The van der Waals surface area contributed by atoms with E-state index >= 15 is 0 Å². The van der Waals surface area contributed by atoms with E-state index < -0.39 is 42.3 Å². The summed E-state index contributed by atoms with van der Waals surface area (Å²) in [5.74, 6) is -1.88. The Kier molecular flexibility index (Phi) is 3.64. The molecule has 16 heavy (non-hydrogen) atoms. The minimum absolute atomic E-state index is 0.373. The van der Waals surface area contributed by atoms with Gasteiger partial charge in [-0.2, -0.15) is 0 Å². The quantitative estimate of drug-likeness (QED) is 0.309. The number of Topliss-reactive ketones (excluding diaryl/α,β-unsaturated/α-hetero) is 1. The summed E-state index contributed by atoms with van der Waals surface area (Å²) in [5.41, 5.74) is -1.57. The van der Waals surface area contributed by atoms with E-state index in [2.05, 4.69) is 4.74 Å². The zero-order valence-electron chi connectivity index (χ0n) is 8.66. The van der Waals surface area contributed by atoms with Gasteiger partial charge in [0.1, 0.15) is 23.9 Å². The van der Waals surface area contributed by atoms with E-state index in [9.17, 15) is 19.8 Å². The zero-order chi connectivity index (χ0) is 12.5. The molecule has 0 spiro atoms. The highest BCUT2D eigenvalue weighted by Gasteiger charge is 2.51. The number of cyclic esters (lactones) is 1. The van der Waals surface area contributed by atoms with E-state index in [0.29, 0.717) is 0 Å². The summed E-state index contributed by atoms with van der Waals surface area (Å²) in [7, 11) is 0. The van der Waals surface area contributed by atoms with Crippen LogP contribution in [0, 0.1) is 0 Å². The number of carbonyl (C=O) groups is 2. The molecule has 0 aromatic rings. The first kappa shape index (κ1) is 13.0. The molecule has 0 aromatic carbocycles. The molecule has 1 saturated heterocycles. The van der Waals surface area contributed by atoms with Crippen molar-refractivity contribution in [3.05, 3.63) is 0 Å². The van der Waals surface area contributed by atoms with Crippen LogP contribution in [0.4, 0.5) is 0 Å². The number of ether oxygens (including phenoxy) is 1. The Morgan fingerprint density at radius 3 is 2.31 bits per heavy atom. The predicted octanol–water partition coefficient (Wildman–Crippen LogP) is -2.66. The maximum atomic E-state index is 11.0. The third-order valence-electron chi connectivity index (χ3n) is 2.60. The normalized spacial score (nSPS) is 31.1. The second-order valence-electron chi connectivity index (χ2n) is 3.99. The van der Waals surface area contributed by atoms with Crippen LogP contribution in [0.2, 0.25) is 0 Å². The summed E-state index contributed by atoms with van der Waals surface area (Å²) in [4.78, 5) is 21.9. The maximum Gasteiger partial charge on any atom is 0.375 e. The number of hydrogen-bond acceptors (Lipinski definition) is 7. The Hall–Kier alpha value is -1.02. The van der Waals surface area contributed by atoms with E-state index in [1.165, 1.54) is 6.92 Å². The fourth-order valence-corrected chi connectivity index (χ4v) is 1.54. The number of aliphatic hydroxyl groups excluding tert-OH is 4. The van der Waals surface area contributed by atoms with Crippen molar-refractivity contribution in [3.8, 4) is 0 Å². The fourth-order valence-electron chi connectivity index (χ4n) is 1.54. The smallest absolute Gasteiger partial charge is 0.375 e.